The Morgan fingerprint density at radius 3 is 2.64 bits per heavy atom. The fourth-order valence-corrected chi connectivity index (χ4v) is 3.09. The second-order valence-electron chi connectivity index (χ2n) is 7.16. The third-order valence-electron chi connectivity index (χ3n) is 4.80. The van der Waals surface area contributed by atoms with E-state index < -0.39 is 6.10 Å². The number of rotatable bonds is 9. The van der Waals surface area contributed by atoms with Gasteiger partial charge in [0.1, 0.15) is 0 Å². The lowest BCUT2D eigenvalue weighted by molar-refractivity contribution is 0.146. The first-order valence-electron chi connectivity index (χ1n) is 9.85. The van der Waals surface area contributed by atoms with E-state index in [4.69, 9.17) is 4.98 Å². The van der Waals surface area contributed by atoms with Gasteiger partial charge in [0.2, 0.25) is 5.95 Å². The minimum Gasteiger partial charge on any atom is -0.391 e. The molecular formula is C20H29N7O. The first kappa shape index (κ1) is 20.0. The highest BCUT2D eigenvalue weighted by Crippen LogP contribution is 2.24. The lowest BCUT2D eigenvalue weighted by atomic mass is 10.1. The van der Waals surface area contributed by atoms with Gasteiger partial charge in [0.05, 0.1) is 18.5 Å². The van der Waals surface area contributed by atoms with Gasteiger partial charge in [0.15, 0.2) is 17.0 Å². The predicted octanol–water partition coefficient (Wildman–Crippen LogP) is 3.38. The summed E-state index contributed by atoms with van der Waals surface area (Å²) in [5.41, 5.74) is 2.55. The predicted molar refractivity (Wildman–Crippen MR) is 111 cm³/mol. The fourth-order valence-electron chi connectivity index (χ4n) is 3.09. The quantitative estimate of drug-likeness (QED) is 0.521. The van der Waals surface area contributed by atoms with Gasteiger partial charge in [-0.1, -0.05) is 19.9 Å². The average Bonchev–Trinajstić information content (AvgIpc) is 3.14. The van der Waals surface area contributed by atoms with Crippen LogP contribution in [-0.4, -0.2) is 41.8 Å². The van der Waals surface area contributed by atoms with E-state index in [9.17, 15) is 5.11 Å². The van der Waals surface area contributed by atoms with Crippen LogP contribution in [0, 0.1) is 0 Å². The minimum atomic E-state index is -0.453. The molecule has 0 aromatic carbocycles. The summed E-state index contributed by atoms with van der Waals surface area (Å²) in [6, 6.07) is 4.03. The molecule has 3 aromatic heterocycles. The number of pyridine rings is 1. The summed E-state index contributed by atoms with van der Waals surface area (Å²) in [6.45, 7) is 8.77. The molecule has 0 amide bonds. The van der Waals surface area contributed by atoms with Crippen LogP contribution in [0.2, 0.25) is 0 Å². The van der Waals surface area contributed by atoms with Crippen LogP contribution in [0.25, 0.3) is 11.2 Å². The van der Waals surface area contributed by atoms with Crippen LogP contribution in [0.3, 0.4) is 0 Å². The van der Waals surface area contributed by atoms with Gasteiger partial charge < -0.3 is 20.3 Å². The second-order valence-corrected chi connectivity index (χ2v) is 7.16. The third-order valence-corrected chi connectivity index (χ3v) is 4.80. The van der Waals surface area contributed by atoms with Gasteiger partial charge in [-0.2, -0.15) is 9.97 Å². The molecule has 3 rings (SSSR count). The molecule has 0 saturated heterocycles. The fraction of sp³-hybridized carbons (Fsp3) is 0.500. The lowest BCUT2D eigenvalue weighted by Gasteiger charge is -2.22. The van der Waals surface area contributed by atoms with Gasteiger partial charge >= 0.3 is 0 Å². The summed E-state index contributed by atoms with van der Waals surface area (Å²) in [5.74, 6) is 1.15. The Morgan fingerprint density at radius 1 is 1.18 bits per heavy atom. The zero-order chi connectivity index (χ0) is 20.1. The molecule has 150 valence electrons. The number of hydrogen-bond acceptors (Lipinski definition) is 7. The Labute approximate surface area is 165 Å². The van der Waals surface area contributed by atoms with Crippen molar-refractivity contribution in [2.24, 2.45) is 0 Å². The van der Waals surface area contributed by atoms with Crippen molar-refractivity contribution in [1.29, 1.82) is 0 Å². The molecule has 3 heterocycles. The van der Waals surface area contributed by atoms with E-state index in [1.807, 2.05) is 36.7 Å². The van der Waals surface area contributed by atoms with Crippen molar-refractivity contribution in [2.75, 3.05) is 10.6 Å². The number of hydrogen-bond donors (Lipinski definition) is 3. The van der Waals surface area contributed by atoms with Crippen LogP contribution in [0.4, 0.5) is 11.8 Å². The van der Waals surface area contributed by atoms with Crippen LogP contribution < -0.4 is 10.6 Å². The lowest BCUT2D eigenvalue weighted by Crippen LogP contribution is -2.33. The maximum Gasteiger partial charge on any atom is 0.227 e. The van der Waals surface area contributed by atoms with Gasteiger partial charge in [-0.3, -0.25) is 4.98 Å². The molecule has 8 heteroatoms. The Bertz CT molecular complexity index is 894. The summed E-state index contributed by atoms with van der Waals surface area (Å²) in [7, 11) is 0. The monoisotopic (exact) mass is 383 g/mol. The smallest absolute Gasteiger partial charge is 0.227 e. The Balaban J connectivity index is 1.95. The number of nitrogens with one attached hydrogen (secondary N) is 2. The van der Waals surface area contributed by atoms with Crippen molar-refractivity contribution in [1.82, 2.24) is 24.5 Å². The highest BCUT2D eigenvalue weighted by atomic mass is 16.3. The molecule has 1 unspecified atom stereocenters. The van der Waals surface area contributed by atoms with Gasteiger partial charge in [-0.15, -0.1) is 0 Å². The first-order valence-corrected chi connectivity index (χ1v) is 9.85. The molecule has 0 spiro atoms. The van der Waals surface area contributed by atoms with Gasteiger partial charge in [-0.05, 0) is 38.3 Å². The normalized spacial score (nSPS) is 13.6. The molecule has 3 aromatic rings. The van der Waals surface area contributed by atoms with Crippen LogP contribution in [0.1, 0.15) is 52.1 Å². The first-order chi connectivity index (χ1) is 13.5. The Hall–Kier alpha value is -2.74. The third kappa shape index (κ3) is 4.39. The number of nitrogens with zero attached hydrogens (tertiary/aromatic N) is 5. The molecule has 0 aliphatic heterocycles. The number of imidazole rings is 1. The van der Waals surface area contributed by atoms with Crippen LogP contribution in [0.5, 0.6) is 0 Å². The summed E-state index contributed by atoms with van der Waals surface area (Å²) < 4.78 is 2.02. The van der Waals surface area contributed by atoms with E-state index in [1.54, 1.807) is 12.5 Å². The highest BCUT2D eigenvalue weighted by Gasteiger charge is 2.19. The maximum absolute atomic E-state index is 10.3. The Morgan fingerprint density at radius 2 is 2.00 bits per heavy atom. The molecule has 2 atom stereocenters. The van der Waals surface area contributed by atoms with Crippen LogP contribution in [0.15, 0.2) is 30.9 Å². The summed E-state index contributed by atoms with van der Waals surface area (Å²) in [4.78, 5) is 18.0. The molecule has 28 heavy (non-hydrogen) atoms. The van der Waals surface area contributed by atoms with E-state index in [0.717, 1.165) is 23.1 Å². The molecule has 0 aliphatic carbocycles. The number of aliphatic hydroxyl groups is 1. The zero-order valence-electron chi connectivity index (χ0n) is 16.9. The van der Waals surface area contributed by atoms with Gasteiger partial charge in [-0.25, -0.2) is 4.98 Å². The summed E-state index contributed by atoms with van der Waals surface area (Å²) in [5, 5.41) is 16.9. The van der Waals surface area contributed by atoms with Crippen molar-refractivity contribution in [3.05, 3.63) is 36.4 Å². The minimum absolute atomic E-state index is 0.107. The van der Waals surface area contributed by atoms with Crippen molar-refractivity contribution in [3.8, 4) is 0 Å². The molecule has 0 aliphatic rings. The van der Waals surface area contributed by atoms with Gasteiger partial charge in [0, 0.05) is 25.0 Å². The maximum atomic E-state index is 10.3. The van der Waals surface area contributed by atoms with Gasteiger partial charge in [0.25, 0.3) is 0 Å². The summed E-state index contributed by atoms with van der Waals surface area (Å²) >= 11 is 0. The number of fused-ring (bicyclic) bond motifs is 1. The standard InChI is InChI=1S/C20H29N7O/c1-5-15(16(28)6-2)24-20-25-18(22-11-14-8-7-9-21-10-14)17-19(26-20)27(12-23-17)13(3)4/h7-10,12-13,15-16,28H,5-6,11H2,1-4H3,(H2,22,24,25,26)/t15?,16-/m0/s1. The number of anilines is 2. The zero-order valence-corrected chi connectivity index (χ0v) is 16.9. The number of aliphatic hydroxyl groups excluding tert-OH is 1. The number of aromatic nitrogens is 5. The Kier molecular flexibility index (Phi) is 6.41. The van der Waals surface area contributed by atoms with Crippen LogP contribution >= 0.6 is 0 Å². The van der Waals surface area contributed by atoms with Crippen LogP contribution in [-0.2, 0) is 6.54 Å². The largest absolute Gasteiger partial charge is 0.391 e. The molecule has 0 fully saturated rings. The SMILES string of the molecule is CCC(Nc1nc(NCc2cccnc2)c2ncn(C(C)C)c2n1)[C@@H](O)CC. The molecule has 8 nitrogen and oxygen atoms in total. The van der Waals surface area contributed by atoms with Crippen molar-refractivity contribution < 1.29 is 5.11 Å². The highest BCUT2D eigenvalue weighted by molar-refractivity contribution is 5.84. The van der Waals surface area contributed by atoms with Crippen molar-refractivity contribution in [2.45, 2.75) is 65.3 Å². The second kappa shape index (κ2) is 8.97. The van der Waals surface area contributed by atoms with Crippen molar-refractivity contribution in [3.63, 3.8) is 0 Å². The topological polar surface area (TPSA) is 101 Å². The molecule has 0 saturated carbocycles. The van der Waals surface area contributed by atoms with E-state index in [0.29, 0.717) is 24.7 Å². The average molecular weight is 384 g/mol. The van der Waals surface area contributed by atoms with E-state index in [-0.39, 0.29) is 12.1 Å². The molecule has 0 bridgehead atoms. The van der Waals surface area contributed by atoms with E-state index in [1.165, 1.54) is 0 Å². The summed E-state index contributed by atoms with van der Waals surface area (Å²) in [6.07, 6.45) is 6.36. The molecule has 0 radical (unpaired) electrons. The molecule has 3 N–H and O–H groups in total. The van der Waals surface area contributed by atoms with Crippen molar-refractivity contribution >= 4 is 22.9 Å². The van der Waals surface area contributed by atoms with E-state index in [2.05, 4.69) is 39.4 Å². The molecular weight excluding hydrogens is 354 g/mol. The van der Waals surface area contributed by atoms with E-state index >= 15 is 0 Å².